The van der Waals surface area contributed by atoms with Crippen molar-refractivity contribution in [2.75, 3.05) is 20.8 Å². The molecule has 2 unspecified atom stereocenters. The van der Waals surface area contributed by atoms with Gasteiger partial charge in [-0.2, -0.15) is 0 Å². The Morgan fingerprint density at radius 2 is 2.00 bits per heavy atom. The van der Waals surface area contributed by atoms with E-state index in [9.17, 15) is 0 Å². The van der Waals surface area contributed by atoms with E-state index in [1.165, 1.54) is 21.6 Å². The maximum absolute atomic E-state index is 6.13. The van der Waals surface area contributed by atoms with Crippen LogP contribution in [-0.2, 0) is 0 Å². The molecule has 0 bridgehead atoms. The molecule has 0 aliphatic carbocycles. The Balaban J connectivity index is 1.74. The van der Waals surface area contributed by atoms with Crippen molar-refractivity contribution in [2.45, 2.75) is 24.6 Å². The molecule has 3 heterocycles. The second-order valence-electron chi connectivity index (χ2n) is 7.28. The highest BCUT2D eigenvalue weighted by Gasteiger charge is 2.35. The van der Waals surface area contributed by atoms with Crippen molar-refractivity contribution < 1.29 is 0 Å². The number of aryl methyl sites for hydroxylation is 1. The molecule has 28 heavy (non-hydrogen) atoms. The third-order valence-electron chi connectivity index (χ3n) is 5.02. The first kappa shape index (κ1) is 19.5. The lowest BCUT2D eigenvalue weighted by Crippen LogP contribution is -2.31. The van der Waals surface area contributed by atoms with E-state index >= 15 is 0 Å². The zero-order valence-corrected chi connectivity index (χ0v) is 17.8. The molecule has 0 amide bonds. The lowest BCUT2D eigenvalue weighted by molar-refractivity contribution is 0.331. The Bertz CT molecular complexity index is 923. The van der Waals surface area contributed by atoms with Crippen LogP contribution in [0.1, 0.15) is 34.5 Å². The van der Waals surface area contributed by atoms with Gasteiger partial charge in [0.1, 0.15) is 6.67 Å². The fourth-order valence-corrected chi connectivity index (χ4v) is 5.35. The SMILES string of the molecule is Cc1cc(C2CC(C(c3ccc(Cl)cc3)N(C)C)=C(C3=NCNN3)S2)ccn1. The van der Waals surface area contributed by atoms with Crippen LogP contribution in [0.4, 0.5) is 0 Å². The third-order valence-corrected chi connectivity index (χ3v) is 6.69. The van der Waals surface area contributed by atoms with Gasteiger partial charge in [-0.3, -0.25) is 9.88 Å². The minimum Gasteiger partial charge on any atom is -0.303 e. The summed E-state index contributed by atoms with van der Waals surface area (Å²) in [6.45, 7) is 2.64. The molecule has 0 fully saturated rings. The molecular weight excluding hydrogens is 390 g/mol. The topological polar surface area (TPSA) is 52.5 Å². The monoisotopic (exact) mass is 413 g/mol. The molecule has 7 heteroatoms. The molecule has 4 rings (SSSR count). The molecule has 1 aromatic carbocycles. The predicted molar refractivity (Wildman–Crippen MR) is 117 cm³/mol. The van der Waals surface area contributed by atoms with Crippen molar-refractivity contribution in [1.29, 1.82) is 0 Å². The largest absolute Gasteiger partial charge is 0.303 e. The maximum Gasteiger partial charge on any atom is 0.150 e. The van der Waals surface area contributed by atoms with Gasteiger partial charge < -0.3 is 5.43 Å². The predicted octanol–water partition coefficient (Wildman–Crippen LogP) is 4.24. The van der Waals surface area contributed by atoms with E-state index in [2.05, 4.69) is 64.1 Å². The number of thioether (sulfide) groups is 1. The van der Waals surface area contributed by atoms with Crippen LogP contribution >= 0.6 is 23.4 Å². The number of aliphatic imine (C=N–C) groups is 1. The fraction of sp³-hybridized carbons (Fsp3) is 0.333. The van der Waals surface area contributed by atoms with Crippen LogP contribution in [0, 0.1) is 6.92 Å². The highest BCUT2D eigenvalue weighted by molar-refractivity contribution is 8.04. The standard InChI is InChI=1S/C21H24ClN5S/c1-13-10-15(8-9-23-13)18-11-17(20(28-18)21-24-12-25-26-21)19(27(2)3)14-4-6-16(22)7-5-14/h4-10,18-19,25H,11-12H2,1-3H3,(H,24,26). The molecule has 0 radical (unpaired) electrons. The van der Waals surface area contributed by atoms with Crippen LogP contribution in [0.15, 0.2) is 58.1 Å². The Morgan fingerprint density at radius 3 is 2.64 bits per heavy atom. The zero-order valence-electron chi connectivity index (χ0n) is 16.2. The second kappa shape index (κ2) is 8.25. The van der Waals surface area contributed by atoms with Crippen molar-refractivity contribution in [2.24, 2.45) is 4.99 Å². The van der Waals surface area contributed by atoms with Crippen molar-refractivity contribution in [3.05, 3.63) is 74.9 Å². The van der Waals surface area contributed by atoms with E-state index in [0.717, 1.165) is 23.0 Å². The third kappa shape index (κ3) is 3.96. The number of amidine groups is 1. The number of likely N-dealkylation sites (N-methyl/N-ethyl adjacent to an activating group) is 1. The van der Waals surface area contributed by atoms with Crippen molar-refractivity contribution >= 4 is 29.2 Å². The van der Waals surface area contributed by atoms with Crippen LogP contribution in [0.3, 0.4) is 0 Å². The summed E-state index contributed by atoms with van der Waals surface area (Å²) in [6.07, 6.45) is 2.87. The number of hydrazine groups is 1. The van der Waals surface area contributed by atoms with Gasteiger partial charge >= 0.3 is 0 Å². The summed E-state index contributed by atoms with van der Waals surface area (Å²) in [5, 5.41) is 1.11. The number of rotatable bonds is 5. The van der Waals surface area contributed by atoms with Gasteiger partial charge in [-0.1, -0.05) is 23.7 Å². The minimum absolute atomic E-state index is 0.165. The fourth-order valence-electron chi connectivity index (χ4n) is 3.82. The Hall–Kier alpha value is -1.86. The first-order valence-electron chi connectivity index (χ1n) is 9.31. The number of nitrogens with one attached hydrogen (secondary N) is 2. The number of benzene rings is 1. The minimum atomic E-state index is 0.165. The summed E-state index contributed by atoms with van der Waals surface area (Å²) < 4.78 is 0. The Kier molecular flexibility index (Phi) is 5.73. The molecule has 2 aliphatic heterocycles. The van der Waals surface area contributed by atoms with E-state index in [4.69, 9.17) is 11.6 Å². The lowest BCUT2D eigenvalue weighted by atomic mass is 9.92. The summed E-state index contributed by atoms with van der Waals surface area (Å²) >= 11 is 8.02. The molecule has 2 atom stereocenters. The van der Waals surface area contributed by atoms with E-state index in [0.29, 0.717) is 11.9 Å². The van der Waals surface area contributed by atoms with Crippen LogP contribution in [0.25, 0.3) is 0 Å². The molecule has 1 aromatic heterocycles. The van der Waals surface area contributed by atoms with Crippen molar-refractivity contribution in [1.82, 2.24) is 20.7 Å². The van der Waals surface area contributed by atoms with Gasteiger partial charge in [0.2, 0.25) is 0 Å². The van der Waals surface area contributed by atoms with E-state index in [1.807, 2.05) is 37.0 Å². The highest BCUT2D eigenvalue weighted by Crippen LogP contribution is 2.52. The zero-order chi connectivity index (χ0) is 19.7. The maximum atomic E-state index is 6.13. The number of halogens is 1. The van der Waals surface area contributed by atoms with Gasteiger partial charge in [0.15, 0.2) is 5.84 Å². The molecule has 0 saturated heterocycles. The van der Waals surface area contributed by atoms with Gasteiger partial charge in [0, 0.05) is 22.2 Å². The molecule has 0 saturated carbocycles. The quantitative estimate of drug-likeness (QED) is 0.767. The molecule has 0 spiro atoms. The summed E-state index contributed by atoms with van der Waals surface area (Å²) in [5.41, 5.74) is 11.3. The molecule has 2 aromatic rings. The average Bonchev–Trinajstić information content (AvgIpc) is 3.33. The summed E-state index contributed by atoms with van der Waals surface area (Å²) in [7, 11) is 4.25. The number of nitrogens with zero attached hydrogens (tertiary/aromatic N) is 3. The average molecular weight is 414 g/mol. The smallest absolute Gasteiger partial charge is 0.150 e. The van der Waals surface area contributed by atoms with Gasteiger partial charge in [-0.25, -0.2) is 10.4 Å². The number of hydrogen-bond acceptors (Lipinski definition) is 6. The number of aromatic nitrogens is 1. The van der Waals surface area contributed by atoms with Gasteiger partial charge in [0.25, 0.3) is 0 Å². The number of hydrogen-bond donors (Lipinski definition) is 2. The van der Waals surface area contributed by atoms with E-state index < -0.39 is 0 Å². The van der Waals surface area contributed by atoms with Crippen molar-refractivity contribution in [3.63, 3.8) is 0 Å². The normalized spacial score (nSPS) is 20.5. The van der Waals surface area contributed by atoms with Crippen LogP contribution in [0.2, 0.25) is 5.02 Å². The summed E-state index contributed by atoms with van der Waals surface area (Å²) in [5.74, 6) is 0.939. The second-order valence-corrected chi connectivity index (χ2v) is 8.93. The van der Waals surface area contributed by atoms with Gasteiger partial charge in [0.05, 0.1) is 10.9 Å². The van der Waals surface area contributed by atoms with Gasteiger partial charge in [-0.15, -0.1) is 11.8 Å². The van der Waals surface area contributed by atoms with Crippen LogP contribution in [0.5, 0.6) is 0 Å². The summed E-state index contributed by atoms with van der Waals surface area (Å²) in [6, 6.07) is 12.6. The molecule has 2 aliphatic rings. The number of pyridine rings is 1. The lowest BCUT2D eigenvalue weighted by Gasteiger charge is -2.27. The van der Waals surface area contributed by atoms with Crippen LogP contribution in [-0.4, -0.2) is 36.5 Å². The molecule has 2 N–H and O–H groups in total. The first-order chi connectivity index (χ1) is 13.5. The summed E-state index contributed by atoms with van der Waals surface area (Å²) in [4.78, 5) is 12.5. The molecule has 146 valence electrons. The van der Waals surface area contributed by atoms with Crippen molar-refractivity contribution in [3.8, 4) is 0 Å². The highest BCUT2D eigenvalue weighted by atomic mass is 35.5. The molecule has 5 nitrogen and oxygen atoms in total. The van der Waals surface area contributed by atoms with E-state index in [-0.39, 0.29) is 6.04 Å². The first-order valence-corrected chi connectivity index (χ1v) is 10.6. The Morgan fingerprint density at radius 1 is 1.21 bits per heavy atom. The van der Waals surface area contributed by atoms with Crippen LogP contribution < -0.4 is 10.9 Å². The van der Waals surface area contributed by atoms with Gasteiger partial charge in [-0.05, 0) is 68.4 Å². The molecular formula is C21H24ClN5S. The van der Waals surface area contributed by atoms with E-state index in [1.54, 1.807) is 0 Å². The Labute approximate surface area is 175 Å².